The summed E-state index contributed by atoms with van der Waals surface area (Å²) in [7, 11) is 1.49. The minimum atomic E-state index is -1.05. The van der Waals surface area contributed by atoms with Crippen molar-refractivity contribution in [2.24, 2.45) is 0 Å². The molecule has 124 valence electrons. The summed E-state index contributed by atoms with van der Waals surface area (Å²) in [4.78, 5) is 11.7. The lowest BCUT2D eigenvalue weighted by Crippen LogP contribution is -2.20. The highest BCUT2D eigenvalue weighted by molar-refractivity contribution is 5.79. The Hall–Kier alpha value is -3.04. The van der Waals surface area contributed by atoms with Crippen LogP contribution in [0.4, 0.5) is 5.69 Å². The van der Waals surface area contributed by atoms with Crippen LogP contribution in [0.3, 0.4) is 0 Å². The van der Waals surface area contributed by atoms with Crippen LogP contribution < -0.4 is 10.1 Å². The molecule has 24 heavy (non-hydrogen) atoms. The van der Waals surface area contributed by atoms with Crippen molar-refractivity contribution in [1.82, 2.24) is 0 Å². The number of nitrogens with zero attached hydrogens (tertiary/aromatic N) is 1. The van der Waals surface area contributed by atoms with Crippen LogP contribution in [-0.2, 0) is 4.79 Å². The summed E-state index contributed by atoms with van der Waals surface area (Å²) < 4.78 is 5.19. The largest absolute Gasteiger partial charge is 0.496 e. The van der Waals surface area contributed by atoms with Crippen LogP contribution in [-0.4, -0.2) is 23.3 Å². The molecular formula is C18H18N2O4. The summed E-state index contributed by atoms with van der Waals surface area (Å²) in [6.45, 7) is 1.59. The van der Waals surface area contributed by atoms with E-state index in [0.29, 0.717) is 28.1 Å². The van der Waals surface area contributed by atoms with Crippen LogP contribution in [0, 0.1) is 11.3 Å². The van der Waals surface area contributed by atoms with Crippen LogP contribution in [0.25, 0.3) is 0 Å². The first-order chi connectivity index (χ1) is 11.5. The minimum Gasteiger partial charge on any atom is -0.496 e. The van der Waals surface area contributed by atoms with Gasteiger partial charge in [-0.1, -0.05) is 6.07 Å². The predicted octanol–water partition coefficient (Wildman–Crippen LogP) is 2.86. The van der Waals surface area contributed by atoms with Gasteiger partial charge >= 0.3 is 5.97 Å². The van der Waals surface area contributed by atoms with Crippen LogP contribution in [0.15, 0.2) is 42.5 Å². The van der Waals surface area contributed by atoms with Gasteiger partial charge in [-0.15, -0.1) is 0 Å². The zero-order valence-electron chi connectivity index (χ0n) is 13.4. The van der Waals surface area contributed by atoms with E-state index in [9.17, 15) is 15.0 Å². The standard InChI is InChI=1S/C18H18N2O4/c1-11(21)15-9-13(5-8-16(15)24-2)17(18(22)23)20-14-6-3-12(10-19)4-7-14/h3-9,11,17,20-21H,1-2H3,(H,22,23)/t11-,17?/m0/s1. The summed E-state index contributed by atoms with van der Waals surface area (Å²) in [5.41, 5.74) is 2.08. The second-order valence-electron chi connectivity index (χ2n) is 5.28. The zero-order valence-corrected chi connectivity index (χ0v) is 13.4. The number of methoxy groups -OCH3 is 1. The summed E-state index contributed by atoms with van der Waals surface area (Å²) in [6, 6.07) is 12.4. The quantitative estimate of drug-likeness (QED) is 0.754. The Balaban J connectivity index is 2.35. The third kappa shape index (κ3) is 3.83. The molecule has 2 rings (SSSR count). The maximum absolute atomic E-state index is 11.7. The number of nitriles is 1. The van der Waals surface area contributed by atoms with Crippen molar-refractivity contribution in [2.45, 2.75) is 19.1 Å². The zero-order chi connectivity index (χ0) is 17.7. The highest BCUT2D eigenvalue weighted by atomic mass is 16.5. The molecule has 0 aromatic heterocycles. The Morgan fingerprint density at radius 2 is 1.92 bits per heavy atom. The minimum absolute atomic E-state index is 0.489. The second kappa shape index (κ2) is 7.49. The monoisotopic (exact) mass is 326 g/mol. The van der Waals surface area contributed by atoms with E-state index in [1.807, 2.05) is 6.07 Å². The molecule has 0 saturated carbocycles. The number of carboxylic acid groups (broad SMARTS) is 1. The van der Waals surface area contributed by atoms with Gasteiger partial charge in [0, 0.05) is 11.3 Å². The van der Waals surface area contributed by atoms with E-state index in [-0.39, 0.29) is 0 Å². The SMILES string of the molecule is COc1ccc(C(Nc2ccc(C#N)cc2)C(=O)O)cc1[C@H](C)O. The number of aliphatic hydroxyl groups is 1. The van der Waals surface area contributed by atoms with Crippen LogP contribution in [0.1, 0.15) is 35.8 Å². The highest BCUT2D eigenvalue weighted by Gasteiger charge is 2.22. The van der Waals surface area contributed by atoms with E-state index < -0.39 is 18.1 Å². The third-order valence-electron chi connectivity index (χ3n) is 3.61. The smallest absolute Gasteiger partial charge is 0.330 e. The maximum atomic E-state index is 11.7. The summed E-state index contributed by atoms with van der Waals surface area (Å²) in [5.74, 6) is -0.558. The Morgan fingerprint density at radius 1 is 1.25 bits per heavy atom. The van der Waals surface area contributed by atoms with Gasteiger partial charge in [-0.05, 0) is 48.9 Å². The van der Waals surface area contributed by atoms with Gasteiger partial charge in [-0.25, -0.2) is 4.79 Å². The Labute approximate surface area is 139 Å². The maximum Gasteiger partial charge on any atom is 0.330 e. The van der Waals surface area contributed by atoms with E-state index in [0.717, 1.165) is 0 Å². The molecule has 0 radical (unpaired) electrons. The van der Waals surface area contributed by atoms with Gasteiger partial charge in [0.2, 0.25) is 0 Å². The van der Waals surface area contributed by atoms with Gasteiger partial charge in [0.15, 0.2) is 6.04 Å². The lowest BCUT2D eigenvalue weighted by atomic mass is 10.00. The fourth-order valence-electron chi connectivity index (χ4n) is 2.35. The lowest BCUT2D eigenvalue weighted by molar-refractivity contribution is -0.138. The van der Waals surface area contributed by atoms with Crippen LogP contribution in [0.2, 0.25) is 0 Å². The Morgan fingerprint density at radius 3 is 2.42 bits per heavy atom. The number of nitrogens with one attached hydrogen (secondary N) is 1. The molecule has 6 heteroatoms. The molecule has 3 N–H and O–H groups in total. The molecule has 0 bridgehead atoms. The summed E-state index contributed by atoms with van der Waals surface area (Å²) in [6.07, 6.45) is -0.788. The average Bonchev–Trinajstić information content (AvgIpc) is 2.59. The molecule has 0 fully saturated rings. The number of ether oxygens (including phenoxy) is 1. The first-order valence-electron chi connectivity index (χ1n) is 7.31. The molecule has 2 atom stereocenters. The predicted molar refractivity (Wildman–Crippen MR) is 88.8 cm³/mol. The molecule has 2 aromatic carbocycles. The highest BCUT2D eigenvalue weighted by Crippen LogP contribution is 2.30. The normalized spacial score (nSPS) is 12.8. The average molecular weight is 326 g/mol. The third-order valence-corrected chi connectivity index (χ3v) is 3.61. The van der Waals surface area contributed by atoms with Crippen LogP contribution in [0.5, 0.6) is 5.75 Å². The number of aliphatic carboxylic acids is 1. The first kappa shape index (κ1) is 17.3. The first-order valence-corrected chi connectivity index (χ1v) is 7.31. The Kier molecular flexibility index (Phi) is 5.40. The summed E-state index contributed by atoms with van der Waals surface area (Å²) in [5, 5.41) is 31.1. The summed E-state index contributed by atoms with van der Waals surface area (Å²) >= 11 is 0. The fraction of sp³-hybridized carbons (Fsp3) is 0.222. The topological polar surface area (TPSA) is 103 Å². The van der Waals surface area contributed by atoms with Gasteiger partial charge in [-0.2, -0.15) is 5.26 Å². The number of aliphatic hydroxyl groups excluding tert-OH is 1. The molecule has 0 aliphatic heterocycles. The number of carboxylic acids is 1. The van der Waals surface area contributed by atoms with Crippen LogP contribution >= 0.6 is 0 Å². The van der Waals surface area contributed by atoms with Crippen molar-refractivity contribution in [3.05, 3.63) is 59.2 Å². The van der Waals surface area contributed by atoms with E-state index >= 15 is 0 Å². The van der Waals surface area contributed by atoms with E-state index in [1.54, 1.807) is 49.4 Å². The molecule has 0 spiro atoms. The molecule has 0 aliphatic carbocycles. The number of hydrogen-bond donors (Lipinski definition) is 3. The van der Waals surface area contributed by atoms with Gasteiger partial charge in [0.05, 0.1) is 24.8 Å². The van der Waals surface area contributed by atoms with Crippen molar-refractivity contribution in [3.8, 4) is 11.8 Å². The van der Waals surface area contributed by atoms with Crippen molar-refractivity contribution in [1.29, 1.82) is 5.26 Å². The van der Waals surface area contributed by atoms with Crippen molar-refractivity contribution in [3.63, 3.8) is 0 Å². The molecule has 0 saturated heterocycles. The molecule has 0 aliphatic rings. The number of benzene rings is 2. The molecular weight excluding hydrogens is 308 g/mol. The fourth-order valence-corrected chi connectivity index (χ4v) is 2.35. The van der Waals surface area contributed by atoms with Gasteiger partial charge in [0.1, 0.15) is 5.75 Å². The number of carbonyl (C=O) groups is 1. The number of anilines is 1. The number of rotatable bonds is 6. The molecule has 0 heterocycles. The van der Waals surface area contributed by atoms with E-state index in [4.69, 9.17) is 10.00 Å². The Bertz CT molecular complexity index is 764. The van der Waals surface area contributed by atoms with Gasteiger partial charge < -0.3 is 20.3 Å². The second-order valence-corrected chi connectivity index (χ2v) is 5.28. The van der Waals surface area contributed by atoms with E-state index in [2.05, 4.69) is 5.32 Å². The van der Waals surface area contributed by atoms with E-state index in [1.165, 1.54) is 7.11 Å². The number of hydrogen-bond acceptors (Lipinski definition) is 5. The molecule has 0 amide bonds. The van der Waals surface area contributed by atoms with Crippen molar-refractivity contribution >= 4 is 11.7 Å². The van der Waals surface area contributed by atoms with Gasteiger partial charge in [-0.3, -0.25) is 0 Å². The molecule has 2 aromatic rings. The van der Waals surface area contributed by atoms with Gasteiger partial charge in [0.25, 0.3) is 0 Å². The lowest BCUT2D eigenvalue weighted by Gasteiger charge is -2.19. The molecule has 6 nitrogen and oxygen atoms in total. The van der Waals surface area contributed by atoms with Crippen molar-refractivity contribution in [2.75, 3.05) is 12.4 Å². The molecule has 1 unspecified atom stereocenters. The van der Waals surface area contributed by atoms with Crippen molar-refractivity contribution < 1.29 is 19.7 Å².